The monoisotopic (exact) mass is 423 g/mol. The van der Waals surface area contributed by atoms with Crippen LogP contribution >= 0.6 is 22.9 Å². The molecule has 0 amide bonds. The molecule has 0 saturated heterocycles. The van der Waals surface area contributed by atoms with Crippen molar-refractivity contribution in [1.29, 1.82) is 0 Å². The zero-order chi connectivity index (χ0) is 20.4. The van der Waals surface area contributed by atoms with Gasteiger partial charge >= 0.3 is 11.9 Å². The second-order valence-electron chi connectivity index (χ2n) is 5.68. The van der Waals surface area contributed by atoms with Crippen LogP contribution in [0.4, 0.5) is 10.2 Å². The zero-order valence-corrected chi connectivity index (χ0v) is 16.5. The molecule has 0 aliphatic carbocycles. The minimum Gasteiger partial charge on any atom is -0.462 e. The van der Waals surface area contributed by atoms with Gasteiger partial charge in [-0.25, -0.2) is 23.9 Å². The van der Waals surface area contributed by atoms with Gasteiger partial charge in [-0.05, 0) is 37.6 Å². The molecular weight excluding hydrogens is 409 g/mol. The third-order valence-corrected chi connectivity index (χ3v) is 5.21. The summed E-state index contributed by atoms with van der Waals surface area (Å²) in [6.45, 7) is 3.36. The lowest BCUT2D eigenvalue weighted by atomic mass is 10.2. The number of esters is 2. The molecule has 146 valence electrons. The molecule has 0 saturated carbocycles. The fraction of sp³-hybridized carbons (Fsp3) is 0.222. The van der Waals surface area contributed by atoms with Crippen molar-refractivity contribution in [2.45, 2.75) is 20.5 Å². The van der Waals surface area contributed by atoms with Crippen LogP contribution < -0.4 is 5.73 Å². The van der Waals surface area contributed by atoms with Gasteiger partial charge in [0.1, 0.15) is 21.3 Å². The Bertz CT molecular complexity index is 1090. The first kappa shape index (κ1) is 20.0. The van der Waals surface area contributed by atoms with Crippen LogP contribution in [0.5, 0.6) is 0 Å². The highest BCUT2D eigenvalue weighted by Gasteiger charge is 2.21. The second kappa shape index (κ2) is 8.07. The summed E-state index contributed by atoms with van der Waals surface area (Å²) in [7, 11) is 0. The van der Waals surface area contributed by atoms with Crippen molar-refractivity contribution in [1.82, 2.24) is 9.97 Å². The van der Waals surface area contributed by atoms with Crippen molar-refractivity contribution < 1.29 is 23.5 Å². The number of nitrogens with zero attached hydrogens (tertiary/aromatic N) is 2. The fourth-order valence-corrected chi connectivity index (χ4v) is 3.81. The molecule has 3 aromatic rings. The number of nitrogens with two attached hydrogens (primary N) is 1. The Morgan fingerprint density at radius 1 is 1.25 bits per heavy atom. The maximum atomic E-state index is 13.8. The van der Waals surface area contributed by atoms with Gasteiger partial charge in [-0.3, -0.25) is 0 Å². The summed E-state index contributed by atoms with van der Waals surface area (Å²) in [4.78, 5) is 33.4. The quantitative estimate of drug-likeness (QED) is 0.620. The van der Waals surface area contributed by atoms with E-state index in [0.717, 1.165) is 17.4 Å². The lowest BCUT2D eigenvalue weighted by molar-refractivity contribution is 0.0456. The normalized spacial score (nSPS) is 10.9. The van der Waals surface area contributed by atoms with Gasteiger partial charge in [-0.1, -0.05) is 11.6 Å². The molecule has 0 unspecified atom stereocenters. The molecule has 0 aliphatic heterocycles. The van der Waals surface area contributed by atoms with Crippen LogP contribution in [-0.4, -0.2) is 28.5 Å². The molecule has 2 heterocycles. The summed E-state index contributed by atoms with van der Waals surface area (Å²) in [6, 6.07) is 3.57. The first-order valence-electron chi connectivity index (χ1n) is 8.16. The molecule has 2 aromatic heterocycles. The number of hydrogen-bond donors (Lipinski definition) is 1. The predicted octanol–water partition coefficient (Wildman–Crippen LogP) is 3.91. The van der Waals surface area contributed by atoms with Gasteiger partial charge < -0.3 is 15.2 Å². The van der Waals surface area contributed by atoms with E-state index >= 15 is 0 Å². The molecular formula is C18H15ClFN3O4S. The minimum atomic E-state index is -0.906. The Morgan fingerprint density at radius 3 is 2.71 bits per heavy atom. The van der Waals surface area contributed by atoms with Crippen molar-refractivity contribution in [2.75, 3.05) is 12.3 Å². The van der Waals surface area contributed by atoms with Crippen molar-refractivity contribution in [3.63, 3.8) is 0 Å². The van der Waals surface area contributed by atoms with Crippen LogP contribution in [0.1, 0.15) is 38.3 Å². The average molecular weight is 424 g/mol. The van der Waals surface area contributed by atoms with Gasteiger partial charge in [-0.2, -0.15) is 0 Å². The van der Waals surface area contributed by atoms with Crippen LogP contribution in [0.3, 0.4) is 0 Å². The highest BCUT2D eigenvalue weighted by Crippen LogP contribution is 2.33. The van der Waals surface area contributed by atoms with Crippen LogP contribution in [-0.2, 0) is 16.1 Å². The average Bonchev–Trinajstić information content (AvgIpc) is 2.99. The highest BCUT2D eigenvalue weighted by atomic mass is 35.5. The number of nitrogen functional groups attached to an aromatic ring is 1. The Balaban J connectivity index is 1.85. The number of anilines is 1. The number of carbonyl (C=O) groups is 2. The topological polar surface area (TPSA) is 104 Å². The molecule has 28 heavy (non-hydrogen) atoms. The maximum absolute atomic E-state index is 13.8. The number of aromatic nitrogens is 2. The van der Waals surface area contributed by atoms with E-state index in [0.29, 0.717) is 20.7 Å². The van der Waals surface area contributed by atoms with Gasteiger partial charge in [0.25, 0.3) is 0 Å². The summed E-state index contributed by atoms with van der Waals surface area (Å²) in [5.74, 6) is -1.85. The van der Waals surface area contributed by atoms with Crippen molar-refractivity contribution in [2.24, 2.45) is 0 Å². The Hall–Kier alpha value is -2.78. The molecule has 0 fully saturated rings. The first-order valence-corrected chi connectivity index (χ1v) is 9.36. The van der Waals surface area contributed by atoms with Gasteiger partial charge in [0.15, 0.2) is 12.4 Å². The number of thiophene rings is 1. The lowest BCUT2D eigenvalue weighted by Gasteiger charge is -2.06. The molecule has 0 bridgehead atoms. The van der Waals surface area contributed by atoms with E-state index in [2.05, 4.69) is 9.97 Å². The molecule has 0 aliphatic rings. The third kappa shape index (κ3) is 3.90. The van der Waals surface area contributed by atoms with Gasteiger partial charge in [0.2, 0.25) is 0 Å². The number of rotatable bonds is 5. The summed E-state index contributed by atoms with van der Waals surface area (Å²) >= 11 is 6.89. The molecule has 3 rings (SSSR count). The minimum absolute atomic E-state index is 0.123. The van der Waals surface area contributed by atoms with Gasteiger partial charge in [0.05, 0.1) is 17.6 Å². The molecule has 0 spiro atoms. The molecule has 7 nitrogen and oxygen atoms in total. The van der Waals surface area contributed by atoms with Crippen molar-refractivity contribution in [3.05, 3.63) is 50.9 Å². The number of hydrogen-bond acceptors (Lipinski definition) is 8. The maximum Gasteiger partial charge on any atom is 0.348 e. The summed E-state index contributed by atoms with van der Waals surface area (Å²) in [5, 5.41) is 0.750. The van der Waals surface area contributed by atoms with E-state index in [1.165, 1.54) is 12.1 Å². The fourth-order valence-electron chi connectivity index (χ4n) is 2.53. The number of aryl methyl sites for hydroxylation is 1. The van der Waals surface area contributed by atoms with E-state index in [4.69, 9.17) is 26.8 Å². The Morgan fingerprint density at radius 2 is 2.00 bits per heavy atom. The third-order valence-electron chi connectivity index (χ3n) is 3.81. The SMILES string of the molecule is CCOC(=O)c1sc2nc(COC(=O)c3cc(Cl)ccc3F)nc(N)c2c1C. The smallest absolute Gasteiger partial charge is 0.348 e. The number of benzene rings is 1. The predicted molar refractivity (Wildman–Crippen MR) is 103 cm³/mol. The lowest BCUT2D eigenvalue weighted by Crippen LogP contribution is -2.10. The van der Waals surface area contributed by atoms with Gasteiger partial charge in [0, 0.05) is 5.02 Å². The largest absolute Gasteiger partial charge is 0.462 e. The number of carbonyl (C=O) groups excluding carboxylic acids is 2. The molecule has 0 radical (unpaired) electrons. The van der Waals surface area contributed by atoms with Crippen molar-refractivity contribution >= 4 is 50.9 Å². The summed E-state index contributed by atoms with van der Waals surface area (Å²) in [6.07, 6.45) is 0. The molecule has 2 N–H and O–H groups in total. The zero-order valence-electron chi connectivity index (χ0n) is 14.9. The van der Waals surface area contributed by atoms with Crippen LogP contribution in [0.25, 0.3) is 10.2 Å². The Kier molecular flexibility index (Phi) is 5.76. The van der Waals surface area contributed by atoms with E-state index in [1.807, 2.05) is 0 Å². The Labute approximate surface area is 168 Å². The second-order valence-corrected chi connectivity index (χ2v) is 7.12. The van der Waals surface area contributed by atoms with E-state index in [-0.39, 0.29) is 35.4 Å². The van der Waals surface area contributed by atoms with E-state index < -0.39 is 17.8 Å². The summed E-state index contributed by atoms with van der Waals surface area (Å²) in [5.41, 5.74) is 6.32. The molecule has 10 heteroatoms. The number of ether oxygens (including phenoxy) is 2. The first-order chi connectivity index (χ1) is 13.3. The van der Waals surface area contributed by atoms with Crippen LogP contribution in [0, 0.1) is 12.7 Å². The number of fused-ring (bicyclic) bond motifs is 1. The van der Waals surface area contributed by atoms with E-state index in [1.54, 1.807) is 13.8 Å². The van der Waals surface area contributed by atoms with Crippen LogP contribution in [0.15, 0.2) is 18.2 Å². The molecule has 1 aromatic carbocycles. The van der Waals surface area contributed by atoms with Gasteiger partial charge in [-0.15, -0.1) is 11.3 Å². The standard InChI is InChI=1S/C18H15ClFN3O4S/c1-3-26-18(25)14-8(2)13-15(21)22-12(23-16(13)28-14)7-27-17(24)10-6-9(19)4-5-11(10)20/h4-6H,3,7H2,1-2H3,(H2,21,22,23). The number of halogens is 2. The summed E-state index contributed by atoms with van der Waals surface area (Å²) < 4.78 is 23.8. The highest BCUT2D eigenvalue weighted by molar-refractivity contribution is 7.20. The van der Waals surface area contributed by atoms with E-state index in [9.17, 15) is 14.0 Å². The van der Waals surface area contributed by atoms with Crippen LogP contribution in [0.2, 0.25) is 5.02 Å². The molecule has 0 atom stereocenters. The van der Waals surface area contributed by atoms with Crippen molar-refractivity contribution in [3.8, 4) is 0 Å².